The van der Waals surface area contributed by atoms with Gasteiger partial charge in [-0.2, -0.15) is 0 Å². The van der Waals surface area contributed by atoms with Crippen molar-refractivity contribution in [2.45, 2.75) is 11.4 Å². The van der Waals surface area contributed by atoms with Gasteiger partial charge in [-0.3, -0.25) is 9.78 Å². The third-order valence-corrected chi connectivity index (χ3v) is 4.97. The Morgan fingerprint density at radius 2 is 1.96 bits per heavy atom. The first-order valence-electron chi connectivity index (χ1n) is 6.49. The number of hydrogen-bond acceptors (Lipinski definition) is 4. The van der Waals surface area contributed by atoms with E-state index in [9.17, 15) is 13.2 Å². The second-order valence-electron chi connectivity index (χ2n) is 4.54. The number of carbonyl (C=O) groups excluding carboxylic acids is 1. The lowest BCUT2D eigenvalue weighted by atomic mass is 10.3. The number of carbonyl (C=O) groups is 1. The van der Waals surface area contributed by atoms with Gasteiger partial charge in [0.2, 0.25) is 15.9 Å². The van der Waals surface area contributed by atoms with Crippen LogP contribution in [-0.2, 0) is 21.4 Å². The molecule has 1 aromatic heterocycles. The number of halogens is 2. The lowest BCUT2D eigenvalue weighted by Crippen LogP contribution is -2.36. The van der Waals surface area contributed by atoms with Crippen molar-refractivity contribution in [1.29, 1.82) is 0 Å². The summed E-state index contributed by atoms with van der Waals surface area (Å²) < 4.78 is 26.3. The second kappa shape index (κ2) is 7.74. The lowest BCUT2D eigenvalue weighted by Gasteiger charge is -2.08. The number of nitrogens with one attached hydrogen (secondary N) is 2. The molecule has 0 aliphatic rings. The fourth-order valence-electron chi connectivity index (χ4n) is 1.65. The predicted octanol–water partition coefficient (Wildman–Crippen LogP) is 1.98. The maximum absolute atomic E-state index is 12.1. The van der Waals surface area contributed by atoms with Crippen LogP contribution in [0.5, 0.6) is 0 Å². The van der Waals surface area contributed by atoms with E-state index in [2.05, 4.69) is 15.0 Å². The number of rotatable bonds is 6. The van der Waals surface area contributed by atoms with E-state index >= 15 is 0 Å². The number of hydrogen-bond donors (Lipinski definition) is 2. The smallest absolute Gasteiger partial charge is 0.241 e. The first-order chi connectivity index (χ1) is 10.9. The molecule has 0 fully saturated rings. The highest BCUT2D eigenvalue weighted by Gasteiger charge is 2.16. The van der Waals surface area contributed by atoms with Crippen LogP contribution in [0.15, 0.2) is 47.6 Å². The van der Waals surface area contributed by atoms with Crippen LogP contribution >= 0.6 is 23.2 Å². The average Bonchev–Trinajstić information content (AvgIpc) is 2.54. The summed E-state index contributed by atoms with van der Waals surface area (Å²) >= 11 is 11.5. The maximum Gasteiger partial charge on any atom is 0.241 e. The van der Waals surface area contributed by atoms with Gasteiger partial charge in [0.25, 0.3) is 0 Å². The predicted molar refractivity (Wildman–Crippen MR) is 87.7 cm³/mol. The van der Waals surface area contributed by atoms with Gasteiger partial charge in [0.1, 0.15) is 0 Å². The Hall–Kier alpha value is -1.67. The molecule has 9 heteroatoms. The van der Waals surface area contributed by atoms with E-state index in [1.807, 2.05) is 0 Å². The van der Waals surface area contributed by atoms with Crippen molar-refractivity contribution in [3.63, 3.8) is 0 Å². The van der Waals surface area contributed by atoms with Crippen LogP contribution < -0.4 is 10.0 Å². The molecule has 0 radical (unpaired) electrons. The number of nitrogens with zero attached hydrogens (tertiary/aromatic N) is 1. The molecule has 2 rings (SSSR count). The summed E-state index contributed by atoms with van der Waals surface area (Å²) in [5.74, 6) is -0.461. The Kier molecular flexibility index (Phi) is 5.95. The quantitative estimate of drug-likeness (QED) is 0.810. The molecule has 0 spiro atoms. The van der Waals surface area contributed by atoms with Crippen LogP contribution in [0.2, 0.25) is 10.0 Å². The number of pyridine rings is 1. The molecule has 0 saturated heterocycles. The minimum Gasteiger partial charge on any atom is -0.351 e. The zero-order valence-corrected chi connectivity index (χ0v) is 14.1. The molecule has 0 aliphatic heterocycles. The van der Waals surface area contributed by atoms with E-state index in [1.54, 1.807) is 24.5 Å². The molecule has 1 amide bonds. The van der Waals surface area contributed by atoms with Gasteiger partial charge in [-0.05, 0) is 29.8 Å². The Bertz CT molecular complexity index is 798. The first-order valence-corrected chi connectivity index (χ1v) is 8.73. The molecule has 122 valence electrons. The second-order valence-corrected chi connectivity index (χ2v) is 7.12. The number of sulfonamides is 1. The van der Waals surface area contributed by atoms with Crippen LogP contribution in [0.25, 0.3) is 0 Å². The van der Waals surface area contributed by atoms with Crippen molar-refractivity contribution in [1.82, 2.24) is 15.0 Å². The van der Waals surface area contributed by atoms with Crippen molar-refractivity contribution in [3.8, 4) is 0 Å². The summed E-state index contributed by atoms with van der Waals surface area (Å²) in [5, 5.41) is 2.96. The Morgan fingerprint density at radius 3 is 2.61 bits per heavy atom. The van der Waals surface area contributed by atoms with E-state index in [0.29, 0.717) is 0 Å². The zero-order chi connectivity index (χ0) is 16.9. The highest BCUT2D eigenvalue weighted by molar-refractivity contribution is 7.89. The SMILES string of the molecule is O=C(CNS(=O)(=O)c1ccc(Cl)c(Cl)c1)NCc1cccnc1. The highest BCUT2D eigenvalue weighted by Crippen LogP contribution is 2.24. The van der Waals surface area contributed by atoms with Crippen LogP contribution in [0.1, 0.15) is 5.56 Å². The van der Waals surface area contributed by atoms with E-state index in [-0.39, 0.29) is 28.0 Å². The van der Waals surface area contributed by atoms with Crippen LogP contribution in [0.4, 0.5) is 0 Å². The Labute approximate surface area is 143 Å². The summed E-state index contributed by atoms with van der Waals surface area (Å²) in [7, 11) is -3.84. The Balaban J connectivity index is 1.91. The minimum atomic E-state index is -3.84. The first kappa shape index (κ1) is 17.7. The van der Waals surface area contributed by atoms with Gasteiger partial charge in [-0.1, -0.05) is 29.3 Å². The molecular weight excluding hydrogens is 361 g/mol. The third-order valence-electron chi connectivity index (χ3n) is 2.84. The van der Waals surface area contributed by atoms with Crippen molar-refractivity contribution in [2.24, 2.45) is 0 Å². The van der Waals surface area contributed by atoms with Crippen LogP contribution in [0, 0.1) is 0 Å². The monoisotopic (exact) mass is 373 g/mol. The fraction of sp³-hybridized carbons (Fsp3) is 0.143. The largest absolute Gasteiger partial charge is 0.351 e. The van der Waals surface area contributed by atoms with E-state index < -0.39 is 15.9 Å². The molecule has 0 bridgehead atoms. The average molecular weight is 374 g/mol. The van der Waals surface area contributed by atoms with Crippen LogP contribution in [-0.4, -0.2) is 25.9 Å². The van der Waals surface area contributed by atoms with Gasteiger partial charge in [0.05, 0.1) is 21.5 Å². The lowest BCUT2D eigenvalue weighted by molar-refractivity contribution is -0.120. The molecular formula is C14H13Cl2N3O3S. The van der Waals surface area contributed by atoms with E-state index in [1.165, 1.54) is 18.2 Å². The third kappa shape index (κ3) is 5.18. The van der Waals surface area contributed by atoms with Crippen molar-refractivity contribution in [2.75, 3.05) is 6.54 Å². The van der Waals surface area contributed by atoms with E-state index in [4.69, 9.17) is 23.2 Å². The molecule has 2 aromatic rings. The summed E-state index contributed by atoms with van der Waals surface area (Å²) in [5.41, 5.74) is 0.813. The molecule has 6 nitrogen and oxygen atoms in total. The van der Waals surface area contributed by atoms with Gasteiger partial charge >= 0.3 is 0 Å². The standard InChI is InChI=1S/C14H13Cl2N3O3S/c15-12-4-3-11(6-13(12)16)23(21,22)19-9-14(20)18-8-10-2-1-5-17-7-10/h1-7,19H,8-9H2,(H,18,20). The summed E-state index contributed by atoms with van der Waals surface area (Å²) in [4.78, 5) is 15.6. The maximum atomic E-state index is 12.1. The molecule has 2 N–H and O–H groups in total. The van der Waals surface area contributed by atoms with Crippen molar-refractivity contribution >= 4 is 39.1 Å². The summed E-state index contributed by atoms with van der Waals surface area (Å²) in [6, 6.07) is 7.45. The molecule has 0 aliphatic carbocycles. The number of amides is 1. The highest BCUT2D eigenvalue weighted by atomic mass is 35.5. The normalized spacial score (nSPS) is 11.2. The Morgan fingerprint density at radius 1 is 1.17 bits per heavy atom. The number of benzene rings is 1. The fourth-order valence-corrected chi connectivity index (χ4v) is 3.02. The van der Waals surface area contributed by atoms with Gasteiger partial charge in [0, 0.05) is 18.9 Å². The summed E-state index contributed by atoms with van der Waals surface area (Å²) in [6.07, 6.45) is 3.23. The zero-order valence-electron chi connectivity index (χ0n) is 11.8. The van der Waals surface area contributed by atoms with Gasteiger partial charge in [-0.25, -0.2) is 13.1 Å². The van der Waals surface area contributed by atoms with Crippen molar-refractivity contribution in [3.05, 3.63) is 58.3 Å². The number of aromatic nitrogens is 1. The van der Waals surface area contributed by atoms with Gasteiger partial charge in [0.15, 0.2) is 0 Å². The topological polar surface area (TPSA) is 88.2 Å². The molecule has 1 aromatic carbocycles. The molecule has 23 heavy (non-hydrogen) atoms. The molecule has 0 unspecified atom stereocenters. The molecule has 0 atom stereocenters. The molecule has 1 heterocycles. The molecule has 0 saturated carbocycles. The minimum absolute atomic E-state index is 0.0630. The van der Waals surface area contributed by atoms with Gasteiger partial charge in [-0.15, -0.1) is 0 Å². The van der Waals surface area contributed by atoms with Crippen LogP contribution in [0.3, 0.4) is 0 Å². The summed E-state index contributed by atoms with van der Waals surface area (Å²) in [6.45, 7) is -0.121. The van der Waals surface area contributed by atoms with Gasteiger partial charge < -0.3 is 5.32 Å². The van der Waals surface area contributed by atoms with Crippen molar-refractivity contribution < 1.29 is 13.2 Å². The van der Waals surface area contributed by atoms with E-state index in [0.717, 1.165) is 5.56 Å².